The molecule has 8 heteroatoms. The molecule has 2 N–H and O–H groups in total. The lowest BCUT2D eigenvalue weighted by atomic mass is 10.1. The molecule has 0 saturated carbocycles. The predicted octanol–water partition coefficient (Wildman–Crippen LogP) is 1.91. The van der Waals surface area contributed by atoms with Crippen LogP contribution in [-0.2, 0) is 25.7 Å². The number of rotatable bonds is 9. The first kappa shape index (κ1) is 19.0. The van der Waals surface area contributed by atoms with Crippen LogP contribution >= 0.6 is 0 Å². The molecule has 0 aliphatic carbocycles. The summed E-state index contributed by atoms with van der Waals surface area (Å²) in [5.41, 5.74) is 7.34. The van der Waals surface area contributed by atoms with Gasteiger partial charge in [0.2, 0.25) is 0 Å². The number of hydrogen-bond acceptors (Lipinski definition) is 7. The van der Waals surface area contributed by atoms with Gasteiger partial charge in [0.15, 0.2) is 5.58 Å². The Morgan fingerprint density at radius 3 is 2.72 bits per heavy atom. The first-order valence-corrected chi connectivity index (χ1v) is 8.19. The number of hydrogen-bond donors (Lipinski definition) is 1. The zero-order valence-corrected chi connectivity index (χ0v) is 14.7. The summed E-state index contributed by atoms with van der Waals surface area (Å²) in [6, 6.07) is 2.70. The predicted molar refractivity (Wildman–Crippen MR) is 89.9 cm³/mol. The summed E-state index contributed by atoms with van der Waals surface area (Å²) in [4.78, 5) is 23.7. The van der Waals surface area contributed by atoms with Gasteiger partial charge in [-0.25, -0.2) is 4.79 Å². The topological polar surface area (TPSA) is 106 Å². The maximum absolute atomic E-state index is 12.0. The van der Waals surface area contributed by atoms with Gasteiger partial charge in [-0.1, -0.05) is 13.8 Å². The molecule has 0 aliphatic rings. The Morgan fingerprint density at radius 2 is 2.04 bits per heavy atom. The van der Waals surface area contributed by atoms with Gasteiger partial charge in [-0.3, -0.25) is 4.79 Å². The van der Waals surface area contributed by atoms with Crippen molar-refractivity contribution in [3.8, 4) is 0 Å². The van der Waals surface area contributed by atoms with Gasteiger partial charge in [0.25, 0.3) is 0 Å². The molecule has 0 aliphatic heterocycles. The molecule has 0 bridgehead atoms. The third-order valence-electron chi connectivity index (χ3n) is 3.69. The van der Waals surface area contributed by atoms with Crippen LogP contribution in [-0.4, -0.2) is 42.4 Å². The van der Waals surface area contributed by atoms with Crippen molar-refractivity contribution >= 4 is 23.0 Å². The van der Waals surface area contributed by atoms with Gasteiger partial charge in [-0.05, 0) is 12.8 Å². The molecule has 0 saturated heterocycles. The number of nitrogens with two attached hydrogens (primary N) is 1. The Morgan fingerprint density at radius 1 is 1.28 bits per heavy atom. The fourth-order valence-corrected chi connectivity index (χ4v) is 2.22. The molecule has 0 spiro atoms. The van der Waals surface area contributed by atoms with E-state index in [0.29, 0.717) is 11.3 Å². The molecule has 8 nitrogen and oxygen atoms in total. The second-order valence-corrected chi connectivity index (χ2v) is 5.82. The fourth-order valence-electron chi connectivity index (χ4n) is 2.22. The number of nitrogens with zero attached hydrogens (tertiary/aromatic N) is 1. The number of fused-ring (bicyclic) bond motifs is 1. The van der Waals surface area contributed by atoms with Crippen LogP contribution < -0.4 is 5.73 Å². The average molecular weight is 352 g/mol. The van der Waals surface area contributed by atoms with Gasteiger partial charge < -0.3 is 28.9 Å². The smallest absolute Gasteiger partial charge is 0.355 e. The summed E-state index contributed by atoms with van der Waals surface area (Å²) in [7, 11) is 0. The number of ether oxygens (including phenoxy) is 3. The second kappa shape index (κ2) is 8.68. The molecule has 1 unspecified atom stereocenters. The Labute approximate surface area is 145 Å². The minimum absolute atomic E-state index is 0.00908. The summed E-state index contributed by atoms with van der Waals surface area (Å²) in [6.07, 6.45) is 1.53. The molecule has 25 heavy (non-hydrogen) atoms. The summed E-state index contributed by atoms with van der Waals surface area (Å²) in [5.74, 6) is -0.898. The molecule has 0 radical (unpaired) electrons. The van der Waals surface area contributed by atoms with E-state index < -0.39 is 18.0 Å². The lowest BCUT2D eigenvalue weighted by Gasteiger charge is -2.15. The van der Waals surface area contributed by atoms with Crippen molar-refractivity contribution in [2.75, 3.05) is 19.8 Å². The highest BCUT2D eigenvalue weighted by Crippen LogP contribution is 2.21. The third kappa shape index (κ3) is 4.61. The van der Waals surface area contributed by atoms with Crippen LogP contribution in [0.2, 0.25) is 0 Å². The van der Waals surface area contributed by atoms with Crippen molar-refractivity contribution in [3.05, 3.63) is 24.1 Å². The Hall–Kier alpha value is -2.32. The van der Waals surface area contributed by atoms with Gasteiger partial charge in [-0.2, -0.15) is 0 Å². The molecule has 138 valence electrons. The van der Waals surface area contributed by atoms with E-state index >= 15 is 0 Å². The number of esters is 2. The molecule has 0 amide bonds. The van der Waals surface area contributed by atoms with Gasteiger partial charge in [0.1, 0.15) is 25.1 Å². The van der Waals surface area contributed by atoms with Crippen molar-refractivity contribution in [1.29, 1.82) is 0 Å². The quantitative estimate of drug-likeness (QED) is 0.543. The molecule has 2 heterocycles. The van der Waals surface area contributed by atoms with E-state index in [1.807, 2.05) is 13.8 Å². The fraction of sp³-hybridized carbons (Fsp3) is 0.529. The highest BCUT2D eigenvalue weighted by atomic mass is 16.6. The SMILES string of the molecule is CCOC(=O)c1cc2occc2n1COCCOC(=O)C(N)C(C)C. The van der Waals surface area contributed by atoms with Gasteiger partial charge in [0, 0.05) is 12.1 Å². The van der Waals surface area contributed by atoms with Crippen LogP contribution in [0.1, 0.15) is 31.3 Å². The minimum Gasteiger partial charge on any atom is -0.463 e. The highest BCUT2D eigenvalue weighted by Gasteiger charge is 2.20. The number of carbonyl (C=O) groups excluding carboxylic acids is 2. The highest BCUT2D eigenvalue weighted by molar-refractivity contribution is 5.93. The van der Waals surface area contributed by atoms with Gasteiger partial charge in [0.05, 0.1) is 25.0 Å². The van der Waals surface area contributed by atoms with Crippen LogP contribution in [0.5, 0.6) is 0 Å². The number of aromatic nitrogens is 1. The van der Waals surface area contributed by atoms with E-state index in [1.165, 1.54) is 6.26 Å². The van der Waals surface area contributed by atoms with Crippen LogP contribution in [0.3, 0.4) is 0 Å². The van der Waals surface area contributed by atoms with Crippen molar-refractivity contribution in [1.82, 2.24) is 4.57 Å². The Bertz CT molecular complexity index is 718. The standard InChI is InChI=1S/C17H24N2O6/c1-4-23-16(20)13-9-14-12(5-6-24-14)19(13)10-22-7-8-25-17(21)15(18)11(2)3/h5-6,9,11,15H,4,7-8,10,18H2,1-3H3. The normalized spacial score (nSPS) is 12.5. The van der Waals surface area contributed by atoms with E-state index in [1.54, 1.807) is 23.6 Å². The average Bonchev–Trinajstić information content (AvgIpc) is 3.15. The van der Waals surface area contributed by atoms with Crippen molar-refractivity contribution < 1.29 is 28.2 Å². The number of carbonyl (C=O) groups is 2. The lowest BCUT2D eigenvalue weighted by molar-refractivity contribution is -0.148. The molecule has 1 atom stereocenters. The van der Waals surface area contributed by atoms with Crippen LogP contribution in [0.25, 0.3) is 11.1 Å². The van der Waals surface area contributed by atoms with Gasteiger partial charge in [-0.15, -0.1) is 0 Å². The zero-order chi connectivity index (χ0) is 18.4. The summed E-state index contributed by atoms with van der Waals surface area (Å²) < 4.78 is 22.6. The first-order valence-electron chi connectivity index (χ1n) is 8.19. The molecule has 0 fully saturated rings. The minimum atomic E-state index is -0.648. The molecule has 2 rings (SSSR count). The maximum atomic E-state index is 12.0. The first-order chi connectivity index (χ1) is 12.0. The van der Waals surface area contributed by atoms with Gasteiger partial charge >= 0.3 is 11.9 Å². The van der Waals surface area contributed by atoms with Crippen LogP contribution in [0.4, 0.5) is 0 Å². The van der Waals surface area contributed by atoms with Crippen molar-refractivity contribution in [2.45, 2.75) is 33.5 Å². The molecular formula is C17H24N2O6. The Kier molecular flexibility index (Phi) is 6.60. The number of furan rings is 1. The van der Waals surface area contributed by atoms with Crippen LogP contribution in [0.15, 0.2) is 22.8 Å². The monoisotopic (exact) mass is 352 g/mol. The summed E-state index contributed by atoms with van der Waals surface area (Å²) in [6.45, 7) is 6.08. The Balaban J connectivity index is 1.90. The molecule has 0 aromatic carbocycles. The van der Waals surface area contributed by atoms with E-state index in [9.17, 15) is 9.59 Å². The lowest BCUT2D eigenvalue weighted by Crippen LogP contribution is -2.37. The van der Waals surface area contributed by atoms with E-state index in [0.717, 1.165) is 5.52 Å². The molecule has 2 aromatic heterocycles. The summed E-state index contributed by atoms with van der Waals surface area (Å²) in [5, 5.41) is 0. The van der Waals surface area contributed by atoms with Crippen molar-refractivity contribution in [2.24, 2.45) is 11.7 Å². The van der Waals surface area contributed by atoms with E-state index in [-0.39, 0.29) is 32.5 Å². The maximum Gasteiger partial charge on any atom is 0.355 e. The summed E-state index contributed by atoms with van der Waals surface area (Å²) >= 11 is 0. The van der Waals surface area contributed by atoms with Crippen molar-refractivity contribution in [3.63, 3.8) is 0 Å². The van der Waals surface area contributed by atoms with Crippen LogP contribution in [0, 0.1) is 5.92 Å². The van der Waals surface area contributed by atoms with E-state index in [4.69, 9.17) is 24.4 Å². The van der Waals surface area contributed by atoms with E-state index in [2.05, 4.69) is 0 Å². The zero-order valence-electron chi connectivity index (χ0n) is 14.7. The molecular weight excluding hydrogens is 328 g/mol. The molecule has 2 aromatic rings. The second-order valence-electron chi connectivity index (χ2n) is 5.82. The third-order valence-corrected chi connectivity index (χ3v) is 3.69. The largest absolute Gasteiger partial charge is 0.463 e.